The Hall–Kier alpha value is -1.06. The van der Waals surface area contributed by atoms with Gasteiger partial charge in [-0.15, -0.1) is 0 Å². The Morgan fingerprint density at radius 3 is 2.30 bits per heavy atom. The first-order valence-electron chi connectivity index (χ1n) is 8.11. The van der Waals surface area contributed by atoms with Gasteiger partial charge in [-0.05, 0) is 49.9 Å². The molecule has 4 heteroatoms. The van der Waals surface area contributed by atoms with E-state index in [2.05, 4.69) is 12.2 Å². The molecule has 0 spiro atoms. The van der Waals surface area contributed by atoms with Crippen LogP contribution in [-0.4, -0.2) is 23.0 Å². The minimum atomic E-state index is -0.769. The second-order valence-corrected chi connectivity index (χ2v) is 7.10. The lowest BCUT2D eigenvalue weighted by Crippen LogP contribution is -2.47. The smallest absolute Gasteiger partial charge is 0.307 e. The summed E-state index contributed by atoms with van der Waals surface area (Å²) < 4.78 is 0. The fourth-order valence-electron chi connectivity index (χ4n) is 4.83. The summed E-state index contributed by atoms with van der Waals surface area (Å²) in [6, 6.07) is 0.254. The van der Waals surface area contributed by atoms with Gasteiger partial charge in [0.2, 0.25) is 5.91 Å². The first kappa shape index (κ1) is 13.9. The third kappa shape index (κ3) is 2.33. The molecule has 20 heavy (non-hydrogen) atoms. The van der Waals surface area contributed by atoms with E-state index >= 15 is 0 Å². The van der Waals surface area contributed by atoms with E-state index in [-0.39, 0.29) is 23.8 Å². The highest BCUT2D eigenvalue weighted by Crippen LogP contribution is 2.52. The van der Waals surface area contributed by atoms with Crippen LogP contribution in [0.4, 0.5) is 0 Å². The minimum Gasteiger partial charge on any atom is -0.481 e. The van der Waals surface area contributed by atoms with Crippen molar-refractivity contribution in [3.05, 3.63) is 0 Å². The summed E-state index contributed by atoms with van der Waals surface area (Å²) in [5.74, 6) is -0.406. The van der Waals surface area contributed by atoms with Crippen molar-refractivity contribution in [2.24, 2.45) is 29.6 Å². The van der Waals surface area contributed by atoms with Gasteiger partial charge in [0.1, 0.15) is 0 Å². The number of amides is 1. The minimum absolute atomic E-state index is 0.0170. The van der Waals surface area contributed by atoms with Crippen LogP contribution in [0.25, 0.3) is 0 Å². The molecule has 2 N–H and O–H groups in total. The van der Waals surface area contributed by atoms with Gasteiger partial charge >= 0.3 is 5.97 Å². The zero-order chi connectivity index (χ0) is 14.3. The summed E-state index contributed by atoms with van der Waals surface area (Å²) >= 11 is 0. The Morgan fingerprint density at radius 1 is 1.00 bits per heavy atom. The van der Waals surface area contributed by atoms with Gasteiger partial charge in [0, 0.05) is 6.04 Å². The lowest BCUT2D eigenvalue weighted by atomic mass is 9.78. The molecule has 0 saturated heterocycles. The van der Waals surface area contributed by atoms with Crippen molar-refractivity contribution >= 4 is 11.9 Å². The summed E-state index contributed by atoms with van der Waals surface area (Å²) in [5.41, 5.74) is 0. The van der Waals surface area contributed by atoms with E-state index in [1.54, 1.807) is 0 Å². The van der Waals surface area contributed by atoms with Gasteiger partial charge in [0.05, 0.1) is 11.8 Å². The average Bonchev–Trinajstić information content (AvgIpc) is 3.01. The molecule has 3 rings (SSSR count). The number of hydrogen-bond donors (Lipinski definition) is 2. The molecule has 0 radical (unpaired) electrons. The maximum Gasteiger partial charge on any atom is 0.307 e. The third-order valence-corrected chi connectivity index (χ3v) is 5.94. The third-order valence-electron chi connectivity index (χ3n) is 5.94. The molecular formula is C16H25NO3. The number of rotatable bonds is 3. The fourth-order valence-corrected chi connectivity index (χ4v) is 4.83. The molecule has 3 aliphatic carbocycles. The first-order valence-corrected chi connectivity index (χ1v) is 8.11. The zero-order valence-electron chi connectivity index (χ0n) is 12.2. The van der Waals surface area contributed by atoms with Crippen LogP contribution >= 0.6 is 0 Å². The molecule has 3 saturated carbocycles. The summed E-state index contributed by atoms with van der Waals surface area (Å²) in [6.45, 7) is 2.19. The van der Waals surface area contributed by atoms with E-state index in [1.165, 1.54) is 19.3 Å². The molecule has 0 aromatic heterocycles. The summed E-state index contributed by atoms with van der Waals surface area (Å²) in [6.07, 6.45) is 7.61. The Labute approximate surface area is 120 Å². The second kappa shape index (κ2) is 5.38. The highest BCUT2D eigenvalue weighted by Gasteiger charge is 2.54. The van der Waals surface area contributed by atoms with E-state index in [0.29, 0.717) is 11.8 Å². The van der Waals surface area contributed by atoms with Crippen molar-refractivity contribution in [3.8, 4) is 0 Å². The van der Waals surface area contributed by atoms with Gasteiger partial charge in [0.25, 0.3) is 0 Å². The van der Waals surface area contributed by atoms with E-state index in [9.17, 15) is 14.7 Å². The topological polar surface area (TPSA) is 66.4 Å². The number of carboxylic acid groups (broad SMARTS) is 1. The number of nitrogens with one attached hydrogen (secondary N) is 1. The average molecular weight is 279 g/mol. The van der Waals surface area contributed by atoms with Crippen LogP contribution < -0.4 is 5.32 Å². The molecule has 0 unspecified atom stereocenters. The molecule has 3 aliphatic rings. The number of carbonyl (C=O) groups is 2. The second-order valence-electron chi connectivity index (χ2n) is 7.10. The molecule has 0 aromatic rings. The molecule has 0 aromatic carbocycles. The summed E-state index contributed by atoms with van der Waals surface area (Å²) in [7, 11) is 0. The van der Waals surface area contributed by atoms with Gasteiger partial charge in [-0.25, -0.2) is 0 Å². The monoisotopic (exact) mass is 279 g/mol. The van der Waals surface area contributed by atoms with Gasteiger partial charge in [-0.3, -0.25) is 9.59 Å². The molecular weight excluding hydrogens is 254 g/mol. The Balaban J connectivity index is 1.68. The number of carboxylic acids is 1. The number of carbonyl (C=O) groups excluding carboxylic acids is 1. The number of fused-ring (bicyclic) bond motifs is 2. The highest BCUT2D eigenvalue weighted by atomic mass is 16.4. The molecule has 0 aliphatic heterocycles. The van der Waals surface area contributed by atoms with Gasteiger partial charge in [-0.2, -0.15) is 0 Å². The van der Waals surface area contributed by atoms with Crippen molar-refractivity contribution in [2.45, 2.75) is 57.9 Å². The number of aliphatic carboxylic acids is 1. The first-order chi connectivity index (χ1) is 9.58. The molecule has 1 amide bonds. The van der Waals surface area contributed by atoms with E-state index in [1.807, 2.05) is 0 Å². The molecule has 6 atom stereocenters. The largest absolute Gasteiger partial charge is 0.481 e. The Bertz CT molecular complexity index is 409. The molecule has 0 heterocycles. The predicted octanol–water partition coefficient (Wildman–Crippen LogP) is 2.43. The van der Waals surface area contributed by atoms with Crippen LogP contribution in [0.15, 0.2) is 0 Å². The van der Waals surface area contributed by atoms with Gasteiger partial charge in [-0.1, -0.05) is 19.8 Å². The van der Waals surface area contributed by atoms with Crippen LogP contribution in [0, 0.1) is 29.6 Å². The van der Waals surface area contributed by atoms with E-state index in [4.69, 9.17) is 0 Å². The lowest BCUT2D eigenvalue weighted by molar-refractivity contribution is -0.149. The highest BCUT2D eigenvalue weighted by molar-refractivity contribution is 5.86. The maximum absolute atomic E-state index is 12.6. The molecule has 4 nitrogen and oxygen atoms in total. The quantitative estimate of drug-likeness (QED) is 0.834. The van der Waals surface area contributed by atoms with E-state index in [0.717, 1.165) is 25.7 Å². The fraction of sp³-hybridized carbons (Fsp3) is 0.875. The number of hydrogen-bond acceptors (Lipinski definition) is 2. The molecule has 112 valence electrons. The summed E-state index contributed by atoms with van der Waals surface area (Å²) in [5, 5.41) is 12.6. The van der Waals surface area contributed by atoms with Crippen LogP contribution in [0.1, 0.15) is 51.9 Å². The van der Waals surface area contributed by atoms with Crippen molar-refractivity contribution in [2.75, 3.05) is 0 Å². The maximum atomic E-state index is 12.6. The SMILES string of the molecule is C[C@@H]1CCCC[C@@H]1NC(=O)[C@H]1[C@H]2CC[C@@H](C2)[C@H]1C(=O)O. The lowest BCUT2D eigenvalue weighted by Gasteiger charge is -2.33. The van der Waals surface area contributed by atoms with Crippen molar-refractivity contribution in [3.63, 3.8) is 0 Å². The van der Waals surface area contributed by atoms with Crippen molar-refractivity contribution in [1.29, 1.82) is 0 Å². The predicted molar refractivity (Wildman–Crippen MR) is 75.0 cm³/mol. The Morgan fingerprint density at radius 2 is 1.65 bits per heavy atom. The summed E-state index contributed by atoms with van der Waals surface area (Å²) in [4.78, 5) is 24.1. The molecule has 2 bridgehead atoms. The van der Waals surface area contributed by atoms with Crippen LogP contribution in [0.3, 0.4) is 0 Å². The Kier molecular flexibility index (Phi) is 3.74. The van der Waals surface area contributed by atoms with E-state index < -0.39 is 11.9 Å². The standard InChI is InChI=1S/C16H25NO3/c1-9-4-2-3-5-12(9)17-15(18)13-10-6-7-11(8-10)14(13)16(19)20/h9-14H,2-8H2,1H3,(H,17,18)(H,19,20)/t9-,10+,11+,12+,13+,14-/m1/s1. The zero-order valence-corrected chi connectivity index (χ0v) is 12.2. The van der Waals surface area contributed by atoms with Gasteiger partial charge < -0.3 is 10.4 Å². The van der Waals surface area contributed by atoms with Crippen LogP contribution in [0.2, 0.25) is 0 Å². The van der Waals surface area contributed by atoms with Crippen LogP contribution in [0.5, 0.6) is 0 Å². The van der Waals surface area contributed by atoms with Crippen molar-refractivity contribution < 1.29 is 14.7 Å². The van der Waals surface area contributed by atoms with Crippen molar-refractivity contribution in [1.82, 2.24) is 5.32 Å². The molecule has 3 fully saturated rings. The van der Waals surface area contributed by atoms with Gasteiger partial charge in [0.15, 0.2) is 0 Å². The van der Waals surface area contributed by atoms with Crippen LogP contribution in [-0.2, 0) is 9.59 Å². The normalized spacial score (nSPS) is 43.5.